The standard InChI is InChI=1S/C31H49NO2/c1-19(2)20-11-16-31(26(34)32-8)18-17-29(6)21(25(20)31)9-10-23-28(5)14-13-24(33)27(3,4)22(28)12-15-30(23,29)7/h20-23,25H,1,9-18H2,2-8H3,(H,32,34)/t20?,21-,22+,23-,25?,28+,29-,30-,31?/m1/s1. The summed E-state index contributed by atoms with van der Waals surface area (Å²) < 4.78 is 0. The number of hydrogen-bond acceptors (Lipinski definition) is 2. The molecule has 3 heteroatoms. The summed E-state index contributed by atoms with van der Waals surface area (Å²) >= 11 is 0. The van der Waals surface area contributed by atoms with E-state index in [2.05, 4.69) is 53.4 Å². The van der Waals surface area contributed by atoms with Crippen LogP contribution in [0.2, 0.25) is 0 Å². The summed E-state index contributed by atoms with van der Waals surface area (Å²) in [5, 5.41) is 3.09. The number of ketones is 1. The molecule has 5 saturated carbocycles. The molecular weight excluding hydrogens is 418 g/mol. The molecule has 0 radical (unpaired) electrons. The molecule has 5 aliphatic carbocycles. The monoisotopic (exact) mass is 467 g/mol. The molecule has 34 heavy (non-hydrogen) atoms. The van der Waals surface area contributed by atoms with Crippen molar-refractivity contribution in [3.05, 3.63) is 12.2 Å². The van der Waals surface area contributed by atoms with E-state index in [0.29, 0.717) is 41.3 Å². The molecule has 190 valence electrons. The van der Waals surface area contributed by atoms with Crippen LogP contribution in [0.3, 0.4) is 0 Å². The van der Waals surface area contributed by atoms with Crippen LogP contribution in [-0.4, -0.2) is 18.7 Å². The first-order chi connectivity index (χ1) is 15.8. The van der Waals surface area contributed by atoms with Crippen LogP contribution in [0.15, 0.2) is 12.2 Å². The van der Waals surface area contributed by atoms with Crippen LogP contribution >= 0.6 is 0 Å². The Balaban J connectivity index is 1.57. The number of nitrogens with one attached hydrogen (secondary N) is 1. The predicted octanol–water partition coefficient (Wildman–Crippen LogP) is 6.96. The Hall–Kier alpha value is -1.12. The van der Waals surface area contributed by atoms with Gasteiger partial charge in [0.25, 0.3) is 0 Å². The summed E-state index contributed by atoms with van der Waals surface area (Å²) in [4.78, 5) is 26.4. The van der Waals surface area contributed by atoms with Crippen LogP contribution < -0.4 is 5.32 Å². The first-order valence-electron chi connectivity index (χ1n) is 14.2. The van der Waals surface area contributed by atoms with Crippen LogP contribution in [0.1, 0.15) is 106 Å². The van der Waals surface area contributed by atoms with Crippen molar-refractivity contribution in [1.29, 1.82) is 0 Å². The highest BCUT2D eigenvalue weighted by Gasteiger charge is 2.71. The minimum atomic E-state index is -0.202. The number of hydrogen-bond donors (Lipinski definition) is 1. The molecule has 0 saturated heterocycles. The number of amides is 1. The van der Waals surface area contributed by atoms with Crippen molar-refractivity contribution in [3.63, 3.8) is 0 Å². The molecule has 9 atom stereocenters. The topological polar surface area (TPSA) is 46.2 Å². The Bertz CT molecular complexity index is 920. The molecule has 3 nitrogen and oxygen atoms in total. The maximum Gasteiger partial charge on any atom is 0.226 e. The lowest BCUT2D eigenvalue weighted by atomic mass is 9.32. The molecule has 0 aromatic heterocycles. The van der Waals surface area contributed by atoms with Crippen LogP contribution in [0, 0.1) is 56.7 Å². The van der Waals surface area contributed by atoms with Gasteiger partial charge in [0.1, 0.15) is 5.78 Å². The summed E-state index contributed by atoms with van der Waals surface area (Å²) in [6.07, 6.45) is 11.1. The number of rotatable bonds is 2. The largest absolute Gasteiger partial charge is 0.359 e. The summed E-state index contributed by atoms with van der Waals surface area (Å²) in [6, 6.07) is 0. The highest BCUT2D eigenvalue weighted by molar-refractivity contribution is 5.85. The highest BCUT2D eigenvalue weighted by atomic mass is 16.2. The van der Waals surface area contributed by atoms with Gasteiger partial charge in [-0.05, 0) is 111 Å². The average Bonchev–Trinajstić information content (AvgIpc) is 3.18. The molecule has 0 aliphatic heterocycles. The number of allylic oxidation sites excluding steroid dienone is 1. The fourth-order valence-electron chi connectivity index (χ4n) is 11.6. The predicted molar refractivity (Wildman–Crippen MR) is 138 cm³/mol. The van der Waals surface area contributed by atoms with E-state index in [0.717, 1.165) is 32.1 Å². The molecule has 3 unspecified atom stereocenters. The Kier molecular flexibility index (Phi) is 5.38. The molecule has 0 aromatic rings. The maximum absolute atomic E-state index is 13.4. The Labute approximate surface area is 208 Å². The normalized spacial score (nSPS) is 51.5. The van der Waals surface area contributed by atoms with Crippen molar-refractivity contribution in [1.82, 2.24) is 5.32 Å². The van der Waals surface area contributed by atoms with Crippen molar-refractivity contribution in [2.45, 2.75) is 106 Å². The van der Waals surface area contributed by atoms with E-state index < -0.39 is 0 Å². The SMILES string of the molecule is C=C(C)C1CCC2(C(=O)NC)CC[C@]3(C)[C@H](CC[C@@H]4[C@@]5(C)CCC(=O)C(C)(C)[C@@H]5CC[C@]43C)C12. The van der Waals surface area contributed by atoms with E-state index >= 15 is 0 Å². The fraction of sp³-hybridized carbons (Fsp3) is 0.871. The Morgan fingerprint density at radius 2 is 1.59 bits per heavy atom. The minimum absolute atomic E-state index is 0.191. The molecule has 5 rings (SSSR count). The highest BCUT2D eigenvalue weighted by Crippen LogP contribution is 2.77. The van der Waals surface area contributed by atoms with E-state index in [1.807, 2.05) is 7.05 Å². The van der Waals surface area contributed by atoms with Crippen LogP contribution in [-0.2, 0) is 9.59 Å². The average molecular weight is 468 g/mol. The molecule has 0 aromatic carbocycles. The van der Waals surface area contributed by atoms with E-state index in [-0.39, 0.29) is 27.1 Å². The number of carbonyl (C=O) groups excluding carboxylic acids is 2. The van der Waals surface area contributed by atoms with Crippen molar-refractivity contribution in [2.24, 2.45) is 56.7 Å². The Morgan fingerprint density at radius 1 is 0.882 bits per heavy atom. The summed E-state index contributed by atoms with van der Waals surface area (Å²) in [7, 11) is 1.84. The summed E-state index contributed by atoms with van der Waals surface area (Å²) in [5.41, 5.74) is 1.66. The maximum atomic E-state index is 13.4. The number of carbonyl (C=O) groups is 2. The molecule has 0 spiro atoms. The third kappa shape index (κ3) is 2.76. The molecule has 5 aliphatic rings. The molecule has 5 fully saturated rings. The van der Waals surface area contributed by atoms with E-state index in [1.54, 1.807) is 0 Å². The van der Waals surface area contributed by atoms with Gasteiger partial charge in [-0.3, -0.25) is 9.59 Å². The molecular formula is C31H49NO2. The van der Waals surface area contributed by atoms with E-state index in [1.165, 1.54) is 37.7 Å². The lowest BCUT2D eigenvalue weighted by molar-refractivity contribution is -0.233. The van der Waals surface area contributed by atoms with Gasteiger partial charge in [0.05, 0.1) is 5.41 Å². The first-order valence-corrected chi connectivity index (χ1v) is 14.2. The Morgan fingerprint density at radius 3 is 2.24 bits per heavy atom. The first kappa shape index (κ1) is 24.6. The quantitative estimate of drug-likeness (QED) is 0.446. The smallest absolute Gasteiger partial charge is 0.226 e. The summed E-state index contributed by atoms with van der Waals surface area (Å²) in [6.45, 7) is 18.9. The van der Waals surface area contributed by atoms with Crippen molar-refractivity contribution in [3.8, 4) is 0 Å². The molecule has 0 bridgehead atoms. The summed E-state index contributed by atoms with van der Waals surface area (Å²) in [5.74, 6) is 3.44. The number of Topliss-reactive ketones (excluding diaryl/α,β-unsaturated/α-hetero) is 1. The van der Waals surface area contributed by atoms with Gasteiger partial charge in [0.15, 0.2) is 0 Å². The van der Waals surface area contributed by atoms with Gasteiger partial charge >= 0.3 is 0 Å². The van der Waals surface area contributed by atoms with Crippen molar-refractivity contribution < 1.29 is 9.59 Å². The molecule has 0 heterocycles. The lowest BCUT2D eigenvalue weighted by Crippen LogP contribution is -2.67. The zero-order chi connectivity index (χ0) is 24.9. The van der Waals surface area contributed by atoms with E-state index in [4.69, 9.17) is 0 Å². The molecule has 1 amide bonds. The van der Waals surface area contributed by atoms with Crippen molar-refractivity contribution >= 4 is 11.7 Å². The second-order valence-corrected chi connectivity index (χ2v) is 14.6. The third-order valence-corrected chi connectivity index (χ3v) is 13.5. The van der Waals surface area contributed by atoms with Gasteiger partial charge in [0, 0.05) is 18.9 Å². The zero-order valence-electron chi connectivity index (χ0n) is 23.0. The fourth-order valence-corrected chi connectivity index (χ4v) is 11.6. The van der Waals surface area contributed by atoms with Crippen LogP contribution in [0.4, 0.5) is 0 Å². The van der Waals surface area contributed by atoms with Gasteiger partial charge in [-0.25, -0.2) is 0 Å². The second kappa shape index (κ2) is 7.45. The van der Waals surface area contributed by atoms with E-state index in [9.17, 15) is 9.59 Å². The van der Waals surface area contributed by atoms with Gasteiger partial charge in [-0.15, -0.1) is 0 Å². The van der Waals surface area contributed by atoms with Gasteiger partial charge in [0.2, 0.25) is 5.91 Å². The lowest BCUT2D eigenvalue weighted by Gasteiger charge is -2.72. The molecule has 1 N–H and O–H groups in total. The number of fused-ring (bicyclic) bond motifs is 7. The van der Waals surface area contributed by atoms with Crippen molar-refractivity contribution in [2.75, 3.05) is 7.05 Å². The van der Waals surface area contributed by atoms with Crippen LogP contribution in [0.5, 0.6) is 0 Å². The van der Waals surface area contributed by atoms with Crippen LogP contribution in [0.25, 0.3) is 0 Å². The minimum Gasteiger partial charge on any atom is -0.359 e. The van der Waals surface area contributed by atoms with Gasteiger partial charge < -0.3 is 5.32 Å². The zero-order valence-corrected chi connectivity index (χ0v) is 23.0. The van der Waals surface area contributed by atoms with Gasteiger partial charge in [-0.2, -0.15) is 0 Å². The third-order valence-electron chi connectivity index (χ3n) is 13.5. The second-order valence-electron chi connectivity index (χ2n) is 14.6. The van der Waals surface area contributed by atoms with Gasteiger partial charge in [-0.1, -0.05) is 46.8 Å².